The molecule has 0 saturated heterocycles. The number of carbonyl (C=O) groups excluding carboxylic acids is 1. The Morgan fingerprint density at radius 1 is 1.33 bits per heavy atom. The van der Waals surface area contributed by atoms with Gasteiger partial charge < -0.3 is 10.4 Å². The predicted octanol–water partition coefficient (Wildman–Crippen LogP) is 2.34. The average Bonchev–Trinajstić information content (AvgIpc) is 2.96. The first-order valence-electron chi connectivity index (χ1n) is 6.70. The highest BCUT2D eigenvalue weighted by atomic mass is 16.4. The van der Waals surface area contributed by atoms with Gasteiger partial charge in [0.2, 0.25) is 0 Å². The lowest BCUT2D eigenvalue weighted by molar-refractivity contribution is -0.140. The first-order valence-corrected chi connectivity index (χ1v) is 6.70. The van der Waals surface area contributed by atoms with Crippen molar-refractivity contribution >= 4 is 17.6 Å². The molecule has 0 saturated carbocycles. The number of amides is 1. The van der Waals surface area contributed by atoms with E-state index in [2.05, 4.69) is 10.4 Å². The quantitative estimate of drug-likeness (QED) is 0.884. The fourth-order valence-corrected chi connectivity index (χ4v) is 1.92. The molecule has 1 atom stereocenters. The van der Waals surface area contributed by atoms with Crippen LogP contribution in [0.15, 0.2) is 36.5 Å². The third kappa shape index (κ3) is 3.28. The zero-order valence-electron chi connectivity index (χ0n) is 11.9. The molecule has 0 spiro atoms. The van der Waals surface area contributed by atoms with Crippen molar-refractivity contribution in [2.45, 2.75) is 26.3 Å². The fourth-order valence-electron chi connectivity index (χ4n) is 1.92. The van der Waals surface area contributed by atoms with Crippen molar-refractivity contribution in [1.82, 2.24) is 9.78 Å². The number of benzene rings is 1. The molecule has 0 radical (unpaired) electrons. The Hall–Kier alpha value is -2.63. The number of carboxylic acid groups (broad SMARTS) is 1. The zero-order chi connectivity index (χ0) is 15.4. The number of anilines is 1. The van der Waals surface area contributed by atoms with Crippen LogP contribution in [0.3, 0.4) is 0 Å². The minimum atomic E-state index is -0.999. The van der Waals surface area contributed by atoms with E-state index in [9.17, 15) is 9.59 Å². The van der Waals surface area contributed by atoms with Crippen LogP contribution in [0.4, 0.5) is 5.69 Å². The second-order valence-corrected chi connectivity index (χ2v) is 4.66. The van der Waals surface area contributed by atoms with Crippen LogP contribution in [0.5, 0.6) is 0 Å². The molecule has 0 fully saturated rings. The maximum absolute atomic E-state index is 12.2. The van der Waals surface area contributed by atoms with Gasteiger partial charge in [0.05, 0.1) is 0 Å². The van der Waals surface area contributed by atoms with Crippen molar-refractivity contribution < 1.29 is 14.7 Å². The number of nitrogens with zero attached hydrogens (tertiary/aromatic N) is 2. The van der Waals surface area contributed by atoms with Crippen molar-refractivity contribution in [3.63, 3.8) is 0 Å². The monoisotopic (exact) mass is 287 g/mol. The molecule has 6 heteroatoms. The van der Waals surface area contributed by atoms with Crippen LogP contribution >= 0.6 is 0 Å². The molecule has 1 aromatic carbocycles. The van der Waals surface area contributed by atoms with E-state index in [-0.39, 0.29) is 11.6 Å². The molecule has 1 aromatic heterocycles. The first kappa shape index (κ1) is 14.8. The topological polar surface area (TPSA) is 84.2 Å². The number of para-hydroxylation sites is 1. The Morgan fingerprint density at radius 3 is 2.71 bits per heavy atom. The van der Waals surface area contributed by atoms with Gasteiger partial charge in [0.25, 0.3) is 5.91 Å². The summed E-state index contributed by atoms with van der Waals surface area (Å²) in [6, 6.07) is 8.23. The number of hydrogen-bond acceptors (Lipinski definition) is 3. The van der Waals surface area contributed by atoms with Crippen LogP contribution in [0.25, 0.3) is 0 Å². The standard InChI is InChI=1S/C15H17N3O3/c1-3-11-6-4-5-7-12(11)16-14(19)13-8-9-18(17-13)10(2)15(20)21/h4-10H,3H2,1-2H3,(H,16,19)(H,20,21). The molecule has 1 heterocycles. The zero-order valence-corrected chi connectivity index (χ0v) is 11.9. The SMILES string of the molecule is CCc1ccccc1NC(=O)c1ccn(C(C)C(=O)O)n1. The second kappa shape index (κ2) is 6.21. The van der Waals surface area contributed by atoms with Crippen molar-refractivity contribution in [2.75, 3.05) is 5.32 Å². The van der Waals surface area contributed by atoms with Crippen molar-refractivity contribution in [1.29, 1.82) is 0 Å². The number of carbonyl (C=O) groups is 2. The van der Waals surface area contributed by atoms with Gasteiger partial charge in [0, 0.05) is 11.9 Å². The van der Waals surface area contributed by atoms with Gasteiger partial charge in [-0.25, -0.2) is 4.79 Å². The number of nitrogens with one attached hydrogen (secondary N) is 1. The minimum Gasteiger partial charge on any atom is -0.480 e. The third-order valence-electron chi connectivity index (χ3n) is 3.24. The lowest BCUT2D eigenvalue weighted by Crippen LogP contribution is -2.18. The van der Waals surface area contributed by atoms with E-state index in [0.717, 1.165) is 17.7 Å². The van der Waals surface area contributed by atoms with E-state index >= 15 is 0 Å². The van der Waals surface area contributed by atoms with Gasteiger partial charge in [-0.2, -0.15) is 5.10 Å². The summed E-state index contributed by atoms with van der Waals surface area (Å²) in [6.45, 7) is 3.51. The fraction of sp³-hybridized carbons (Fsp3) is 0.267. The lowest BCUT2D eigenvalue weighted by Gasteiger charge is -2.08. The molecule has 0 aliphatic rings. The summed E-state index contributed by atoms with van der Waals surface area (Å²) in [4.78, 5) is 23.0. The number of carboxylic acids is 1. The summed E-state index contributed by atoms with van der Waals surface area (Å²) in [5.41, 5.74) is 1.96. The Kier molecular flexibility index (Phi) is 4.37. The predicted molar refractivity (Wildman–Crippen MR) is 78.3 cm³/mol. The Morgan fingerprint density at radius 2 is 2.05 bits per heavy atom. The minimum absolute atomic E-state index is 0.189. The van der Waals surface area contributed by atoms with Gasteiger partial charge >= 0.3 is 5.97 Å². The third-order valence-corrected chi connectivity index (χ3v) is 3.24. The highest BCUT2D eigenvalue weighted by Gasteiger charge is 2.17. The molecule has 0 aliphatic carbocycles. The summed E-state index contributed by atoms with van der Waals surface area (Å²) < 4.78 is 1.25. The van der Waals surface area contributed by atoms with Crippen molar-refractivity contribution in [3.8, 4) is 0 Å². The molecule has 110 valence electrons. The largest absolute Gasteiger partial charge is 0.480 e. The molecular weight excluding hydrogens is 270 g/mol. The van der Waals surface area contributed by atoms with Gasteiger partial charge in [-0.05, 0) is 31.0 Å². The van der Waals surface area contributed by atoms with Gasteiger partial charge in [-0.3, -0.25) is 9.48 Å². The smallest absolute Gasteiger partial charge is 0.328 e. The van der Waals surface area contributed by atoms with Crippen LogP contribution in [0, 0.1) is 0 Å². The van der Waals surface area contributed by atoms with Gasteiger partial charge in [-0.15, -0.1) is 0 Å². The van der Waals surface area contributed by atoms with Crippen molar-refractivity contribution in [3.05, 3.63) is 47.8 Å². The number of aromatic nitrogens is 2. The molecule has 2 aromatic rings. The molecule has 0 bridgehead atoms. The second-order valence-electron chi connectivity index (χ2n) is 4.66. The van der Waals surface area contributed by atoms with E-state index in [4.69, 9.17) is 5.11 Å². The van der Waals surface area contributed by atoms with Crippen LogP contribution in [0.1, 0.15) is 35.9 Å². The highest BCUT2D eigenvalue weighted by molar-refractivity contribution is 6.03. The Bertz CT molecular complexity index is 664. The number of aliphatic carboxylic acids is 1. The Balaban J connectivity index is 2.16. The maximum Gasteiger partial charge on any atom is 0.328 e. The Labute approximate surface area is 122 Å². The van der Waals surface area contributed by atoms with Crippen LogP contribution in [0.2, 0.25) is 0 Å². The van der Waals surface area contributed by atoms with E-state index in [1.54, 1.807) is 0 Å². The normalized spacial score (nSPS) is 11.9. The molecule has 1 amide bonds. The molecule has 2 rings (SSSR count). The van der Waals surface area contributed by atoms with Gasteiger partial charge in [-0.1, -0.05) is 25.1 Å². The average molecular weight is 287 g/mol. The van der Waals surface area contributed by atoms with Gasteiger partial charge in [0.15, 0.2) is 5.69 Å². The van der Waals surface area contributed by atoms with Crippen LogP contribution < -0.4 is 5.32 Å². The van der Waals surface area contributed by atoms with Gasteiger partial charge in [0.1, 0.15) is 6.04 Å². The number of rotatable bonds is 5. The first-order chi connectivity index (χ1) is 10.0. The summed E-state index contributed by atoms with van der Waals surface area (Å²) >= 11 is 0. The molecular formula is C15H17N3O3. The highest BCUT2D eigenvalue weighted by Crippen LogP contribution is 2.16. The number of hydrogen-bond donors (Lipinski definition) is 2. The molecule has 6 nitrogen and oxygen atoms in total. The van der Waals surface area contributed by atoms with Crippen molar-refractivity contribution in [2.24, 2.45) is 0 Å². The van der Waals surface area contributed by atoms with Crippen LogP contribution in [-0.4, -0.2) is 26.8 Å². The molecule has 21 heavy (non-hydrogen) atoms. The lowest BCUT2D eigenvalue weighted by atomic mass is 10.1. The molecule has 2 N–H and O–H groups in total. The summed E-state index contributed by atoms with van der Waals surface area (Å²) in [5, 5.41) is 15.7. The van der Waals surface area contributed by atoms with E-state index in [0.29, 0.717) is 0 Å². The summed E-state index contributed by atoms with van der Waals surface area (Å²) in [5.74, 6) is -1.35. The van der Waals surface area contributed by atoms with E-state index in [1.165, 1.54) is 23.9 Å². The maximum atomic E-state index is 12.2. The van der Waals surface area contributed by atoms with Crippen LogP contribution in [-0.2, 0) is 11.2 Å². The van der Waals surface area contributed by atoms with E-state index in [1.807, 2.05) is 31.2 Å². The van der Waals surface area contributed by atoms with E-state index < -0.39 is 12.0 Å². The summed E-state index contributed by atoms with van der Waals surface area (Å²) in [7, 11) is 0. The molecule has 1 unspecified atom stereocenters. The summed E-state index contributed by atoms with van der Waals surface area (Å²) in [6.07, 6.45) is 2.29. The number of aryl methyl sites for hydroxylation is 1. The molecule has 0 aliphatic heterocycles.